The number of para-hydroxylation sites is 2. The van der Waals surface area contributed by atoms with E-state index in [1.165, 1.54) is 19.1 Å². The fourth-order valence-corrected chi connectivity index (χ4v) is 2.15. The molecule has 0 aromatic heterocycles. The Bertz CT molecular complexity index is 807. The lowest BCUT2D eigenvalue weighted by molar-refractivity contribution is -0.384. The fourth-order valence-electron chi connectivity index (χ4n) is 2.15. The molecule has 0 bridgehead atoms. The molecule has 0 saturated carbocycles. The maximum absolute atomic E-state index is 12.0. The minimum Gasteiger partial charge on any atom is -0.479 e. The van der Waals surface area contributed by atoms with Gasteiger partial charge in [-0.15, -0.1) is 0 Å². The van der Waals surface area contributed by atoms with Crippen LogP contribution >= 0.6 is 0 Å². The van der Waals surface area contributed by atoms with Gasteiger partial charge in [0.05, 0.1) is 4.92 Å². The van der Waals surface area contributed by atoms with E-state index in [0.717, 1.165) is 0 Å². The Balaban J connectivity index is 1.91. The highest BCUT2D eigenvalue weighted by Crippen LogP contribution is 2.27. The summed E-state index contributed by atoms with van der Waals surface area (Å²) in [4.78, 5) is 34.3. The summed E-state index contributed by atoms with van der Waals surface area (Å²) < 4.78 is 10.3. The van der Waals surface area contributed by atoms with E-state index in [-0.39, 0.29) is 11.4 Å². The van der Waals surface area contributed by atoms with Gasteiger partial charge in [-0.05, 0) is 31.5 Å². The summed E-state index contributed by atoms with van der Waals surface area (Å²) >= 11 is 0. The van der Waals surface area contributed by atoms with Crippen LogP contribution in [-0.2, 0) is 14.3 Å². The van der Waals surface area contributed by atoms with E-state index in [0.29, 0.717) is 11.3 Å². The Morgan fingerprint density at radius 1 is 1.15 bits per heavy atom. The Morgan fingerprint density at radius 2 is 1.85 bits per heavy atom. The standard InChI is InChI=1S/C18H18N2O6/c1-12-7-6-10-15(20(23)24)17(12)19-16(21)11-25-18(22)13(2)26-14-8-4-3-5-9-14/h3-10,13H,11H2,1-2H3,(H,19,21)/t13-/m0/s1. The molecule has 0 unspecified atom stereocenters. The normalized spacial score (nSPS) is 11.3. The number of amides is 1. The lowest BCUT2D eigenvalue weighted by Gasteiger charge is -2.14. The molecule has 1 N–H and O–H groups in total. The predicted octanol–water partition coefficient (Wildman–Crippen LogP) is 2.85. The highest BCUT2D eigenvalue weighted by atomic mass is 16.6. The molecule has 0 radical (unpaired) electrons. The average molecular weight is 358 g/mol. The first-order valence-electron chi connectivity index (χ1n) is 7.80. The molecule has 2 aromatic carbocycles. The summed E-state index contributed by atoms with van der Waals surface area (Å²) in [5.41, 5.74) is 0.372. The molecule has 2 rings (SSSR count). The van der Waals surface area contributed by atoms with Crippen LogP contribution < -0.4 is 10.1 Å². The highest BCUT2D eigenvalue weighted by Gasteiger charge is 2.20. The molecular weight excluding hydrogens is 340 g/mol. The fraction of sp³-hybridized carbons (Fsp3) is 0.222. The summed E-state index contributed by atoms with van der Waals surface area (Å²) in [6, 6.07) is 13.1. The number of nitro groups is 1. The topological polar surface area (TPSA) is 108 Å². The van der Waals surface area contributed by atoms with E-state index in [1.54, 1.807) is 37.3 Å². The molecule has 1 atom stereocenters. The third-order valence-electron chi connectivity index (χ3n) is 3.45. The molecule has 1 amide bonds. The first-order chi connectivity index (χ1) is 12.4. The molecule has 0 aliphatic rings. The second kappa shape index (κ2) is 8.61. The van der Waals surface area contributed by atoms with Crippen molar-refractivity contribution in [3.63, 3.8) is 0 Å². The Labute approximate surface area is 149 Å². The van der Waals surface area contributed by atoms with Crippen LogP contribution in [0.5, 0.6) is 5.75 Å². The number of benzene rings is 2. The van der Waals surface area contributed by atoms with Crippen molar-refractivity contribution in [2.24, 2.45) is 0 Å². The number of anilines is 1. The van der Waals surface area contributed by atoms with Crippen molar-refractivity contribution in [2.75, 3.05) is 11.9 Å². The zero-order valence-electron chi connectivity index (χ0n) is 14.3. The van der Waals surface area contributed by atoms with Crippen molar-refractivity contribution in [3.05, 3.63) is 64.2 Å². The minimum absolute atomic E-state index is 0.0760. The molecule has 0 aliphatic heterocycles. The van der Waals surface area contributed by atoms with Gasteiger partial charge >= 0.3 is 5.97 Å². The first kappa shape index (κ1) is 18.9. The van der Waals surface area contributed by atoms with Crippen LogP contribution in [0, 0.1) is 17.0 Å². The van der Waals surface area contributed by atoms with E-state index in [4.69, 9.17) is 9.47 Å². The van der Waals surface area contributed by atoms with Crippen LogP contribution in [0.25, 0.3) is 0 Å². The highest BCUT2D eigenvalue weighted by molar-refractivity contribution is 5.95. The minimum atomic E-state index is -0.905. The lowest BCUT2D eigenvalue weighted by atomic mass is 10.1. The summed E-state index contributed by atoms with van der Waals surface area (Å²) in [7, 11) is 0. The monoisotopic (exact) mass is 358 g/mol. The maximum atomic E-state index is 12.0. The van der Waals surface area contributed by atoms with Gasteiger partial charge in [0.15, 0.2) is 12.7 Å². The van der Waals surface area contributed by atoms with Crippen LogP contribution in [0.15, 0.2) is 48.5 Å². The SMILES string of the molecule is Cc1cccc([N+](=O)[O-])c1NC(=O)COC(=O)[C@H](C)Oc1ccccc1. The van der Waals surface area contributed by atoms with Crippen molar-refractivity contribution in [1.82, 2.24) is 0 Å². The van der Waals surface area contributed by atoms with Gasteiger partial charge in [-0.3, -0.25) is 14.9 Å². The largest absolute Gasteiger partial charge is 0.479 e. The molecule has 0 saturated heterocycles. The van der Waals surface area contributed by atoms with E-state index in [9.17, 15) is 19.7 Å². The molecule has 136 valence electrons. The number of carbonyl (C=O) groups is 2. The molecule has 8 nitrogen and oxygen atoms in total. The van der Waals surface area contributed by atoms with Gasteiger partial charge in [-0.25, -0.2) is 4.79 Å². The molecule has 0 fully saturated rings. The zero-order chi connectivity index (χ0) is 19.1. The smallest absolute Gasteiger partial charge is 0.347 e. The second-order valence-electron chi connectivity index (χ2n) is 5.46. The van der Waals surface area contributed by atoms with E-state index >= 15 is 0 Å². The number of hydrogen-bond donors (Lipinski definition) is 1. The van der Waals surface area contributed by atoms with Crippen LogP contribution in [0.2, 0.25) is 0 Å². The maximum Gasteiger partial charge on any atom is 0.347 e. The number of carbonyl (C=O) groups excluding carboxylic acids is 2. The molecule has 0 spiro atoms. The molecular formula is C18H18N2O6. The number of hydrogen-bond acceptors (Lipinski definition) is 6. The van der Waals surface area contributed by atoms with Crippen LogP contribution in [0.1, 0.15) is 12.5 Å². The van der Waals surface area contributed by atoms with Gasteiger partial charge in [-0.2, -0.15) is 0 Å². The number of nitrogens with one attached hydrogen (secondary N) is 1. The second-order valence-corrected chi connectivity index (χ2v) is 5.46. The van der Waals surface area contributed by atoms with Crippen molar-refractivity contribution in [3.8, 4) is 5.75 Å². The lowest BCUT2D eigenvalue weighted by Crippen LogP contribution is -2.30. The average Bonchev–Trinajstić information content (AvgIpc) is 2.62. The van der Waals surface area contributed by atoms with Crippen molar-refractivity contribution >= 4 is 23.3 Å². The van der Waals surface area contributed by atoms with Crippen molar-refractivity contribution in [1.29, 1.82) is 0 Å². The van der Waals surface area contributed by atoms with Crippen LogP contribution in [0.4, 0.5) is 11.4 Å². The Morgan fingerprint density at radius 3 is 2.50 bits per heavy atom. The van der Waals surface area contributed by atoms with Gasteiger partial charge in [0, 0.05) is 6.07 Å². The molecule has 26 heavy (non-hydrogen) atoms. The van der Waals surface area contributed by atoms with Gasteiger partial charge in [0.1, 0.15) is 11.4 Å². The number of aryl methyl sites for hydroxylation is 1. The van der Waals surface area contributed by atoms with E-state index in [2.05, 4.69) is 5.32 Å². The quantitative estimate of drug-likeness (QED) is 0.463. The van der Waals surface area contributed by atoms with E-state index in [1.807, 2.05) is 6.07 Å². The van der Waals surface area contributed by atoms with Gasteiger partial charge in [0.25, 0.3) is 11.6 Å². The summed E-state index contributed by atoms with van der Waals surface area (Å²) in [6.45, 7) is 2.55. The number of ether oxygens (including phenoxy) is 2. The first-order valence-corrected chi connectivity index (χ1v) is 7.80. The van der Waals surface area contributed by atoms with Crippen molar-refractivity contribution < 1.29 is 24.0 Å². The third kappa shape index (κ3) is 5.04. The van der Waals surface area contributed by atoms with Crippen molar-refractivity contribution in [2.45, 2.75) is 20.0 Å². The number of nitrogens with zero attached hydrogens (tertiary/aromatic N) is 1. The van der Waals surface area contributed by atoms with Gasteiger partial charge in [-0.1, -0.05) is 30.3 Å². The van der Waals surface area contributed by atoms with Crippen LogP contribution in [-0.4, -0.2) is 29.5 Å². The molecule has 0 aliphatic carbocycles. The Hall–Kier alpha value is -3.42. The summed E-state index contributed by atoms with van der Waals surface area (Å²) in [5, 5.41) is 13.4. The number of esters is 1. The number of rotatable bonds is 7. The molecule has 2 aromatic rings. The van der Waals surface area contributed by atoms with Crippen LogP contribution in [0.3, 0.4) is 0 Å². The van der Waals surface area contributed by atoms with Gasteiger partial charge < -0.3 is 14.8 Å². The van der Waals surface area contributed by atoms with E-state index < -0.39 is 29.5 Å². The summed E-state index contributed by atoms with van der Waals surface area (Å²) in [6.07, 6.45) is -0.905. The molecule has 0 heterocycles. The molecule has 8 heteroatoms. The number of nitro benzene ring substituents is 1. The predicted molar refractivity (Wildman–Crippen MR) is 94.0 cm³/mol. The third-order valence-corrected chi connectivity index (χ3v) is 3.45. The summed E-state index contributed by atoms with van der Waals surface area (Å²) in [5.74, 6) is -0.900. The zero-order valence-corrected chi connectivity index (χ0v) is 14.3. The van der Waals surface area contributed by atoms with Gasteiger partial charge in [0.2, 0.25) is 0 Å². The Kier molecular flexibility index (Phi) is 6.26.